The summed E-state index contributed by atoms with van der Waals surface area (Å²) in [5.41, 5.74) is 4.12. The Balaban J connectivity index is 1.58. The Morgan fingerprint density at radius 2 is 1.82 bits per heavy atom. The third-order valence-corrected chi connectivity index (χ3v) is 6.72. The minimum absolute atomic E-state index is 0.0170. The number of fused-ring (bicyclic) bond motifs is 2. The summed E-state index contributed by atoms with van der Waals surface area (Å²) in [4.78, 5) is 29.1. The second kappa shape index (κ2) is 7.04. The highest BCUT2D eigenvalue weighted by Crippen LogP contribution is 2.37. The lowest BCUT2D eigenvalue weighted by atomic mass is 10.1. The van der Waals surface area contributed by atoms with Gasteiger partial charge in [-0.3, -0.25) is 15.0 Å². The van der Waals surface area contributed by atoms with Crippen LogP contribution in [0.25, 0.3) is 10.1 Å². The molecular weight excluding hydrogens is 370 g/mol. The van der Waals surface area contributed by atoms with Gasteiger partial charge in [-0.15, -0.1) is 11.3 Å². The van der Waals surface area contributed by atoms with Gasteiger partial charge in [-0.25, -0.2) is 0 Å². The van der Waals surface area contributed by atoms with Gasteiger partial charge in [0.05, 0.1) is 0 Å². The highest BCUT2D eigenvalue weighted by atomic mass is 32.1. The number of benzene rings is 2. The molecule has 2 aliphatic heterocycles. The van der Waals surface area contributed by atoms with Crippen LogP contribution in [0.4, 0.5) is 0 Å². The van der Waals surface area contributed by atoms with E-state index in [1.165, 1.54) is 0 Å². The molecule has 142 valence electrons. The summed E-state index contributed by atoms with van der Waals surface area (Å²) in [5, 5.41) is 2.95. The average molecular weight is 391 g/mol. The lowest BCUT2D eigenvalue weighted by Crippen LogP contribution is -2.45. The van der Waals surface area contributed by atoms with Crippen LogP contribution in [0.5, 0.6) is 0 Å². The van der Waals surface area contributed by atoms with E-state index in [9.17, 15) is 9.59 Å². The van der Waals surface area contributed by atoms with Crippen molar-refractivity contribution in [3.05, 3.63) is 71.1 Å². The van der Waals surface area contributed by atoms with Crippen LogP contribution in [0.2, 0.25) is 0 Å². The first-order chi connectivity index (χ1) is 13.7. The molecule has 3 heterocycles. The van der Waals surface area contributed by atoms with Crippen molar-refractivity contribution >= 4 is 33.2 Å². The number of rotatable bonds is 3. The van der Waals surface area contributed by atoms with E-state index in [-0.39, 0.29) is 17.9 Å². The number of carbonyl (C=O) groups excluding carboxylic acids is 2. The number of nitrogens with one attached hydrogen (secondary N) is 1. The Hall–Kier alpha value is -2.70. The molecule has 1 aromatic heterocycles. The zero-order valence-electron chi connectivity index (χ0n) is 15.4. The van der Waals surface area contributed by atoms with E-state index in [1.54, 1.807) is 16.2 Å². The van der Waals surface area contributed by atoms with Crippen molar-refractivity contribution < 1.29 is 9.59 Å². The number of hydrazine groups is 1. The molecule has 0 saturated carbocycles. The lowest BCUT2D eigenvalue weighted by molar-refractivity contribution is -0.137. The molecule has 0 radical (unpaired) electrons. The van der Waals surface area contributed by atoms with Crippen LogP contribution in [-0.2, 0) is 16.1 Å². The molecule has 0 unspecified atom stereocenters. The summed E-state index contributed by atoms with van der Waals surface area (Å²) < 4.78 is 1.15. The molecule has 2 fully saturated rings. The molecule has 5 nitrogen and oxygen atoms in total. The first-order valence-electron chi connectivity index (χ1n) is 9.61. The van der Waals surface area contributed by atoms with Gasteiger partial charge in [0, 0.05) is 22.7 Å². The number of amides is 2. The van der Waals surface area contributed by atoms with Crippen molar-refractivity contribution in [1.29, 1.82) is 0 Å². The van der Waals surface area contributed by atoms with Crippen LogP contribution in [0.15, 0.2) is 60.7 Å². The van der Waals surface area contributed by atoms with E-state index >= 15 is 0 Å². The topological polar surface area (TPSA) is 52.7 Å². The average Bonchev–Trinajstić information content (AvgIpc) is 3.34. The normalized spacial score (nSPS) is 22.9. The van der Waals surface area contributed by atoms with Gasteiger partial charge in [0.25, 0.3) is 5.91 Å². The van der Waals surface area contributed by atoms with E-state index in [1.807, 2.05) is 47.5 Å². The van der Waals surface area contributed by atoms with E-state index in [4.69, 9.17) is 0 Å². The molecule has 2 aliphatic rings. The number of hydrogen-bond donors (Lipinski definition) is 1. The molecule has 5 rings (SSSR count). The summed E-state index contributed by atoms with van der Waals surface area (Å²) in [6.45, 7) is 1.13. The quantitative estimate of drug-likeness (QED) is 0.744. The second-order valence-corrected chi connectivity index (χ2v) is 8.48. The minimum atomic E-state index is -0.510. The SMILES string of the molecule is O=C1NN(Cc2ccccc2)[C@@H](c2cc3ccccc3s2)C(=O)N2CCC[C@@H]12. The summed E-state index contributed by atoms with van der Waals surface area (Å²) >= 11 is 1.63. The fourth-order valence-electron chi connectivity index (χ4n) is 4.20. The maximum atomic E-state index is 13.5. The molecule has 6 heteroatoms. The van der Waals surface area contributed by atoms with Crippen molar-refractivity contribution in [2.45, 2.75) is 31.5 Å². The maximum Gasteiger partial charge on any atom is 0.257 e. The number of hydrogen-bond acceptors (Lipinski definition) is 4. The van der Waals surface area contributed by atoms with Crippen molar-refractivity contribution in [2.75, 3.05) is 6.54 Å². The van der Waals surface area contributed by atoms with Gasteiger partial charge in [-0.05, 0) is 35.9 Å². The fraction of sp³-hybridized carbons (Fsp3) is 0.273. The highest BCUT2D eigenvalue weighted by molar-refractivity contribution is 7.19. The minimum Gasteiger partial charge on any atom is -0.329 e. The highest BCUT2D eigenvalue weighted by Gasteiger charge is 2.44. The number of nitrogens with zero attached hydrogens (tertiary/aromatic N) is 2. The molecule has 2 saturated heterocycles. The molecule has 2 atom stereocenters. The fourth-order valence-corrected chi connectivity index (χ4v) is 5.37. The van der Waals surface area contributed by atoms with Crippen LogP contribution in [0.1, 0.15) is 29.3 Å². The third kappa shape index (κ3) is 2.99. The van der Waals surface area contributed by atoms with Crippen LogP contribution in [0.3, 0.4) is 0 Å². The first-order valence-corrected chi connectivity index (χ1v) is 10.4. The zero-order valence-corrected chi connectivity index (χ0v) is 16.2. The maximum absolute atomic E-state index is 13.5. The summed E-state index contributed by atoms with van der Waals surface area (Å²) in [7, 11) is 0. The predicted molar refractivity (Wildman–Crippen MR) is 109 cm³/mol. The molecular formula is C22H21N3O2S. The monoisotopic (exact) mass is 391 g/mol. The largest absolute Gasteiger partial charge is 0.329 e. The Kier molecular flexibility index (Phi) is 4.37. The van der Waals surface area contributed by atoms with Crippen LogP contribution < -0.4 is 5.43 Å². The molecule has 2 aromatic carbocycles. The van der Waals surface area contributed by atoms with Crippen LogP contribution in [-0.4, -0.2) is 34.3 Å². The van der Waals surface area contributed by atoms with Crippen LogP contribution in [0, 0.1) is 0 Å². The van der Waals surface area contributed by atoms with E-state index in [2.05, 4.69) is 23.6 Å². The summed E-state index contributed by atoms with van der Waals surface area (Å²) in [5.74, 6) is -0.0614. The van der Waals surface area contributed by atoms with Crippen molar-refractivity contribution in [3.8, 4) is 0 Å². The number of carbonyl (C=O) groups is 2. The van der Waals surface area contributed by atoms with Gasteiger partial charge < -0.3 is 4.90 Å². The molecule has 0 spiro atoms. The Morgan fingerprint density at radius 3 is 2.64 bits per heavy atom. The predicted octanol–water partition coefficient (Wildman–Crippen LogP) is 3.48. The third-order valence-electron chi connectivity index (χ3n) is 5.55. The number of thiophene rings is 1. The molecule has 0 aliphatic carbocycles. The molecule has 2 amide bonds. The van der Waals surface area contributed by atoms with Gasteiger partial charge in [0.15, 0.2) is 0 Å². The van der Waals surface area contributed by atoms with Crippen molar-refractivity contribution in [3.63, 3.8) is 0 Å². The van der Waals surface area contributed by atoms with E-state index in [0.29, 0.717) is 13.1 Å². The van der Waals surface area contributed by atoms with Crippen LogP contribution >= 0.6 is 11.3 Å². The molecule has 3 aromatic rings. The summed E-state index contributed by atoms with van der Waals surface area (Å²) in [6.07, 6.45) is 1.61. The Bertz CT molecular complexity index is 999. The van der Waals surface area contributed by atoms with Gasteiger partial charge in [0.2, 0.25) is 5.91 Å². The van der Waals surface area contributed by atoms with Crippen molar-refractivity contribution in [1.82, 2.24) is 15.3 Å². The molecule has 1 N–H and O–H groups in total. The standard InChI is InChI=1S/C22H21N3O2S/c26-21-17-10-6-12-24(17)22(27)20(19-13-16-9-4-5-11-18(16)28-19)25(23-21)14-15-7-2-1-3-8-15/h1-5,7-9,11,13,17,20H,6,10,12,14H2,(H,23,26)/t17-,20-/m0/s1. The first kappa shape index (κ1) is 17.4. The van der Waals surface area contributed by atoms with Gasteiger partial charge in [-0.2, -0.15) is 5.01 Å². The van der Waals surface area contributed by atoms with Gasteiger partial charge in [-0.1, -0.05) is 48.5 Å². The molecule has 28 heavy (non-hydrogen) atoms. The van der Waals surface area contributed by atoms with E-state index in [0.717, 1.165) is 33.4 Å². The Morgan fingerprint density at radius 1 is 1.04 bits per heavy atom. The lowest BCUT2D eigenvalue weighted by Gasteiger charge is -2.29. The van der Waals surface area contributed by atoms with Crippen molar-refractivity contribution in [2.24, 2.45) is 0 Å². The molecule has 0 bridgehead atoms. The van der Waals surface area contributed by atoms with Gasteiger partial charge >= 0.3 is 0 Å². The van der Waals surface area contributed by atoms with E-state index < -0.39 is 6.04 Å². The Labute approximate surface area is 167 Å². The smallest absolute Gasteiger partial charge is 0.257 e. The second-order valence-electron chi connectivity index (χ2n) is 7.37. The van der Waals surface area contributed by atoms with Gasteiger partial charge in [0.1, 0.15) is 12.1 Å². The summed E-state index contributed by atoms with van der Waals surface area (Å²) in [6, 6.07) is 19.3. The zero-order chi connectivity index (χ0) is 19.1.